The highest BCUT2D eigenvalue weighted by Crippen LogP contribution is 2.36. The topological polar surface area (TPSA) is 74.3 Å². The van der Waals surface area contributed by atoms with E-state index in [1.807, 2.05) is 43.3 Å². The van der Waals surface area contributed by atoms with Crippen LogP contribution in [0.25, 0.3) is 6.08 Å². The number of anilines is 1. The van der Waals surface area contributed by atoms with Crippen molar-refractivity contribution in [3.63, 3.8) is 0 Å². The number of allylic oxidation sites excluding steroid dienone is 1. The highest BCUT2D eigenvalue weighted by molar-refractivity contribution is 6.14. The molecule has 0 saturated heterocycles. The number of esters is 1. The van der Waals surface area contributed by atoms with Crippen molar-refractivity contribution in [1.29, 1.82) is 0 Å². The van der Waals surface area contributed by atoms with Gasteiger partial charge in [-0.3, -0.25) is 4.79 Å². The van der Waals surface area contributed by atoms with E-state index in [1.54, 1.807) is 36.4 Å². The van der Waals surface area contributed by atoms with Crippen LogP contribution in [-0.2, 0) is 0 Å². The van der Waals surface area contributed by atoms with Crippen LogP contribution < -0.4 is 23.8 Å². The molecule has 0 bridgehead atoms. The van der Waals surface area contributed by atoms with Gasteiger partial charge in [0.2, 0.25) is 12.6 Å². The van der Waals surface area contributed by atoms with Gasteiger partial charge in [-0.25, -0.2) is 4.79 Å². The van der Waals surface area contributed by atoms with Crippen molar-refractivity contribution in [2.24, 2.45) is 0 Å². The number of fused-ring (bicyclic) bond motifs is 2. The van der Waals surface area contributed by atoms with Crippen LogP contribution in [-0.4, -0.2) is 32.6 Å². The molecule has 160 valence electrons. The van der Waals surface area contributed by atoms with E-state index in [2.05, 4.69) is 0 Å². The fourth-order valence-corrected chi connectivity index (χ4v) is 3.44. The lowest BCUT2D eigenvalue weighted by atomic mass is 10.1. The van der Waals surface area contributed by atoms with Crippen LogP contribution in [0.2, 0.25) is 0 Å². The van der Waals surface area contributed by atoms with Gasteiger partial charge in [0.1, 0.15) is 11.5 Å². The van der Waals surface area contributed by atoms with Gasteiger partial charge in [0, 0.05) is 25.8 Å². The van der Waals surface area contributed by atoms with Gasteiger partial charge in [0.25, 0.3) is 0 Å². The van der Waals surface area contributed by atoms with Gasteiger partial charge in [-0.15, -0.1) is 0 Å². The first kappa shape index (κ1) is 19.7. The van der Waals surface area contributed by atoms with E-state index in [1.165, 1.54) is 6.07 Å². The van der Waals surface area contributed by atoms with Crippen LogP contribution in [0.1, 0.15) is 26.3 Å². The molecule has 2 aliphatic heterocycles. The van der Waals surface area contributed by atoms with E-state index in [0.717, 1.165) is 11.3 Å². The van der Waals surface area contributed by atoms with E-state index < -0.39 is 5.97 Å². The summed E-state index contributed by atoms with van der Waals surface area (Å²) < 4.78 is 21.8. The third-order valence-electron chi connectivity index (χ3n) is 5.17. The highest BCUT2D eigenvalue weighted by atomic mass is 16.7. The Balaban J connectivity index is 1.33. The molecule has 0 spiro atoms. The summed E-state index contributed by atoms with van der Waals surface area (Å²) in [6.45, 7) is 0.125. The number of ketones is 1. The number of carbonyl (C=O) groups is 2. The van der Waals surface area contributed by atoms with Crippen LogP contribution in [0.15, 0.2) is 66.4 Å². The molecule has 2 heterocycles. The highest BCUT2D eigenvalue weighted by Gasteiger charge is 2.28. The van der Waals surface area contributed by atoms with Crippen LogP contribution >= 0.6 is 0 Å². The van der Waals surface area contributed by atoms with E-state index in [9.17, 15) is 9.59 Å². The summed E-state index contributed by atoms with van der Waals surface area (Å²) in [7, 11) is 3.93. The maximum atomic E-state index is 12.7. The van der Waals surface area contributed by atoms with Gasteiger partial charge in [-0.05, 0) is 54.1 Å². The minimum absolute atomic E-state index is 0.125. The molecule has 0 aromatic heterocycles. The van der Waals surface area contributed by atoms with Crippen LogP contribution in [0.5, 0.6) is 23.0 Å². The van der Waals surface area contributed by atoms with Crippen molar-refractivity contribution in [1.82, 2.24) is 0 Å². The van der Waals surface area contributed by atoms with Gasteiger partial charge < -0.3 is 23.8 Å². The Hall–Kier alpha value is -4.26. The standard InChI is InChI=1S/C25H19NO6/c1-26(2)17-6-3-15(4-7-17)11-23-24(27)19-9-8-18(13-21(19)32-23)31-25(28)16-5-10-20-22(12-16)30-14-29-20/h3-13H,14H2,1-2H3/b23-11-. The molecule has 7 heteroatoms. The lowest BCUT2D eigenvalue weighted by molar-refractivity contribution is 0.0734. The number of benzene rings is 3. The minimum Gasteiger partial charge on any atom is -0.454 e. The SMILES string of the molecule is CN(C)c1ccc(/C=C2\Oc3cc(OC(=O)c4ccc5c(c4)OCO5)ccc3C2=O)cc1. The van der Waals surface area contributed by atoms with Crippen molar-refractivity contribution in [2.45, 2.75) is 0 Å². The van der Waals surface area contributed by atoms with Crippen LogP contribution in [0.3, 0.4) is 0 Å². The molecule has 5 rings (SSSR count). The Kier molecular flexibility index (Phi) is 4.78. The third kappa shape index (κ3) is 3.65. The second-order valence-corrected chi connectivity index (χ2v) is 7.54. The van der Waals surface area contributed by atoms with Gasteiger partial charge in [0.15, 0.2) is 17.3 Å². The number of nitrogens with zero attached hydrogens (tertiary/aromatic N) is 1. The lowest BCUT2D eigenvalue weighted by Crippen LogP contribution is -2.08. The summed E-state index contributed by atoms with van der Waals surface area (Å²) in [4.78, 5) is 27.2. The first-order chi connectivity index (χ1) is 15.5. The molecule has 0 atom stereocenters. The second kappa shape index (κ2) is 7.77. The largest absolute Gasteiger partial charge is 0.454 e. The molecule has 32 heavy (non-hydrogen) atoms. The summed E-state index contributed by atoms with van der Waals surface area (Å²) >= 11 is 0. The zero-order chi connectivity index (χ0) is 22.2. The predicted octanol–water partition coefficient (Wildman–Crippen LogP) is 4.32. The van der Waals surface area contributed by atoms with E-state index in [0.29, 0.717) is 28.4 Å². The lowest BCUT2D eigenvalue weighted by Gasteiger charge is -2.11. The molecular formula is C25H19NO6. The number of hydrogen-bond donors (Lipinski definition) is 0. The monoisotopic (exact) mass is 429 g/mol. The fraction of sp³-hybridized carbons (Fsp3) is 0.120. The molecule has 0 unspecified atom stereocenters. The quantitative estimate of drug-likeness (QED) is 0.347. The number of ether oxygens (including phenoxy) is 4. The second-order valence-electron chi connectivity index (χ2n) is 7.54. The van der Waals surface area contributed by atoms with Crippen LogP contribution in [0.4, 0.5) is 5.69 Å². The molecule has 0 radical (unpaired) electrons. The Labute approximate surface area is 184 Å². The summed E-state index contributed by atoms with van der Waals surface area (Å²) in [5, 5.41) is 0. The summed E-state index contributed by atoms with van der Waals surface area (Å²) in [5.41, 5.74) is 2.65. The smallest absolute Gasteiger partial charge is 0.343 e. The van der Waals surface area contributed by atoms with E-state index >= 15 is 0 Å². The van der Waals surface area contributed by atoms with Crippen LogP contribution in [0, 0.1) is 0 Å². The molecular weight excluding hydrogens is 410 g/mol. The molecule has 0 aliphatic carbocycles. The Morgan fingerprint density at radius 1 is 0.938 bits per heavy atom. The van der Waals surface area contributed by atoms with E-state index in [-0.39, 0.29) is 24.1 Å². The first-order valence-electron chi connectivity index (χ1n) is 9.95. The third-order valence-corrected chi connectivity index (χ3v) is 5.17. The normalized spacial score (nSPS) is 14.8. The molecule has 0 amide bonds. The molecule has 0 fully saturated rings. The zero-order valence-corrected chi connectivity index (χ0v) is 17.5. The molecule has 3 aromatic rings. The average molecular weight is 429 g/mol. The zero-order valence-electron chi connectivity index (χ0n) is 17.5. The Morgan fingerprint density at radius 2 is 1.72 bits per heavy atom. The minimum atomic E-state index is -0.552. The molecule has 2 aliphatic rings. The van der Waals surface area contributed by atoms with Crippen molar-refractivity contribution >= 4 is 23.5 Å². The van der Waals surface area contributed by atoms with Crippen molar-refractivity contribution in [3.8, 4) is 23.0 Å². The molecule has 7 nitrogen and oxygen atoms in total. The molecule has 0 saturated carbocycles. The number of hydrogen-bond acceptors (Lipinski definition) is 7. The maximum absolute atomic E-state index is 12.7. The summed E-state index contributed by atoms with van der Waals surface area (Å²) in [6.07, 6.45) is 1.69. The Morgan fingerprint density at radius 3 is 2.50 bits per heavy atom. The molecule has 3 aromatic carbocycles. The number of Topliss-reactive ketones (excluding diaryl/α,β-unsaturated/α-hetero) is 1. The van der Waals surface area contributed by atoms with Gasteiger partial charge in [-0.1, -0.05) is 12.1 Å². The van der Waals surface area contributed by atoms with Gasteiger partial charge >= 0.3 is 5.97 Å². The van der Waals surface area contributed by atoms with Crippen molar-refractivity contribution in [3.05, 3.63) is 83.1 Å². The molecule has 0 N–H and O–H groups in total. The average Bonchev–Trinajstić information content (AvgIpc) is 3.38. The fourth-order valence-electron chi connectivity index (χ4n) is 3.44. The Bertz CT molecular complexity index is 1260. The van der Waals surface area contributed by atoms with Crippen molar-refractivity contribution < 1.29 is 28.5 Å². The van der Waals surface area contributed by atoms with Gasteiger partial charge in [-0.2, -0.15) is 0 Å². The van der Waals surface area contributed by atoms with Crippen molar-refractivity contribution in [2.75, 3.05) is 25.8 Å². The maximum Gasteiger partial charge on any atom is 0.343 e. The first-order valence-corrected chi connectivity index (χ1v) is 9.95. The van der Waals surface area contributed by atoms with E-state index in [4.69, 9.17) is 18.9 Å². The summed E-state index contributed by atoms with van der Waals surface area (Å²) in [5.74, 6) is 1.15. The number of carbonyl (C=O) groups excluding carboxylic acids is 2. The van der Waals surface area contributed by atoms with Gasteiger partial charge in [0.05, 0.1) is 11.1 Å². The number of rotatable bonds is 4. The predicted molar refractivity (Wildman–Crippen MR) is 118 cm³/mol. The summed E-state index contributed by atoms with van der Waals surface area (Å²) in [6, 6.07) is 17.3.